The minimum atomic E-state index is -0.424. The van der Waals surface area contributed by atoms with Crippen LogP contribution in [-0.4, -0.2) is 85.6 Å². The molecule has 6 heteroatoms. The molecule has 0 spiro atoms. The average Bonchev–Trinajstić information content (AvgIpc) is 2.61. The van der Waals surface area contributed by atoms with Crippen LogP contribution in [0.1, 0.15) is 51.4 Å². The van der Waals surface area contributed by atoms with Crippen molar-refractivity contribution in [3.05, 3.63) is 0 Å². The molecule has 0 unspecified atom stereocenters. The Kier molecular flexibility index (Phi) is 7.32. The van der Waals surface area contributed by atoms with Gasteiger partial charge >= 0.3 is 0 Å². The van der Waals surface area contributed by atoms with Gasteiger partial charge in [-0.05, 0) is 31.6 Å². The summed E-state index contributed by atoms with van der Waals surface area (Å²) in [4.78, 5) is 16.1. The van der Waals surface area contributed by atoms with Gasteiger partial charge in [0.25, 0.3) is 0 Å². The van der Waals surface area contributed by atoms with E-state index < -0.39 is 6.10 Å². The van der Waals surface area contributed by atoms with Gasteiger partial charge in [-0.3, -0.25) is 9.69 Å². The molecule has 4 atom stereocenters. The van der Waals surface area contributed by atoms with Crippen LogP contribution < -0.4 is 0 Å². The van der Waals surface area contributed by atoms with Crippen molar-refractivity contribution < 1.29 is 19.4 Å². The molecule has 1 aliphatic carbocycles. The molecule has 2 aliphatic heterocycles. The maximum Gasteiger partial charge on any atom is 0.224 e. The Hall–Kier alpha value is -0.690. The van der Waals surface area contributed by atoms with Crippen LogP contribution >= 0.6 is 0 Å². The molecule has 0 bridgehead atoms. The van der Waals surface area contributed by atoms with Crippen LogP contribution in [0.3, 0.4) is 0 Å². The first-order chi connectivity index (χ1) is 12.5. The average molecular weight is 369 g/mol. The zero-order chi connectivity index (χ0) is 18.5. The minimum Gasteiger partial charge on any atom is -0.389 e. The van der Waals surface area contributed by atoms with Gasteiger partial charge in [-0.25, -0.2) is 0 Å². The summed E-state index contributed by atoms with van der Waals surface area (Å²) in [7, 11) is 3.58. The van der Waals surface area contributed by atoms with Crippen LogP contribution in [0.25, 0.3) is 0 Å². The lowest BCUT2D eigenvalue weighted by Gasteiger charge is -2.45. The van der Waals surface area contributed by atoms with Crippen LogP contribution in [0.5, 0.6) is 0 Å². The minimum absolute atomic E-state index is 0.000183. The molecule has 0 aromatic carbocycles. The summed E-state index contributed by atoms with van der Waals surface area (Å²) in [5, 5.41) is 10.3. The van der Waals surface area contributed by atoms with Crippen molar-refractivity contribution in [2.45, 2.75) is 75.7 Å². The molecule has 2 heterocycles. The number of aliphatic hydroxyl groups excluding tert-OH is 1. The van der Waals surface area contributed by atoms with Crippen LogP contribution in [0, 0.1) is 5.92 Å². The van der Waals surface area contributed by atoms with Gasteiger partial charge in [-0.1, -0.05) is 19.3 Å². The highest BCUT2D eigenvalue weighted by molar-refractivity contribution is 5.76. The number of rotatable bonds is 4. The highest BCUT2D eigenvalue weighted by atomic mass is 16.5. The fourth-order valence-corrected chi connectivity index (χ4v) is 4.73. The number of carbonyl (C=O) groups excluding carboxylic acids is 1. The number of ether oxygens (including phenoxy) is 2. The van der Waals surface area contributed by atoms with Crippen molar-refractivity contribution in [3.8, 4) is 0 Å². The van der Waals surface area contributed by atoms with Crippen LogP contribution in [-0.2, 0) is 14.3 Å². The van der Waals surface area contributed by atoms with E-state index in [0.29, 0.717) is 26.2 Å². The summed E-state index contributed by atoms with van der Waals surface area (Å²) in [5.74, 6) is 0.861. The second-order valence-electron chi connectivity index (χ2n) is 8.58. The molecule has 6 nitrogen and oxygen atoms in total. The van der Waals surface area contributed by atoms with Gasteiger partial charge in [0.05, 0.1) is 37.9 Å². The molecular formula is C20H36N2O4. The first-order valence-electron chi connectivity index (χ1n) is 10.4. The summed E-state index contributed by atoms with van der Waals surface area (Å²) in [6.07, 6.45) is 8.57. The zero-order valence-electron chi connectivity index (χ0n) is 16.4. The molecule has 0 radical (unpaired) electrons. The van der Waals surface area contributed by atoms with E-state index in [-0.39, 0.29) is 24.2 Å². The molecule has 150 valence electrons. The van der Waals surface area contributed by atoms with Crippen molar-refractivity contribution in [2.75, 3.05) is 40.4 Å². The Morgan fingerprint density at radius 1 is 1.12 bits per heavy atom. The molecule has 0 aromatic rings. The number of fused-ring (bicyclic) bond motifs is 1. The summed E-state index contributed by atoms with van der Waals surface area (Å²) in [6, 6.07) is 0.289. The Morgan fingerprint density at radius 2 is 1.88 bits per heavy atom. The standard InChI is InChI=1S/C20H36N2O4/c1-21(2)20(24)10-17-8-9-18-19(26-17)14-25-13-16(23)12-22(18)11-15-6-4-3-5-7-15/h15-19,23H,3-14H2,1-2H3/t16-,17-,18-,19+/m1/s1. The molecule has 1 N–H and O–H groups in total. The van der Waals surface area contributed by atoms with Gasteiger partial charge < -0.3 is 19.5 Å². The van der Waals surface area contributed by atoms with E-state index in [1.165, 1.54) is 32.1 Å². The van der Waals surface area contributed by atoms with E-state index in [1.807, 2.05) is 0 Å². The van der Waals surface area contributed by atoms with Crippen molar-refractivity contribution in [2.24, 2.45) is 5.92 Å². The molecule has 3 aliphatic rings. The third-order valence-electron chi connectivity index (χ3n) is 6.21. The molecule has 3 rings (SSSR count). The lowest BCUT2D eigenvalue weighted by molar-refractivity contribution is -0.160. The molecule has 1 saturated carbocycles. The van der Waals surface area contributed by atoms with Gasteiger partial charge in [0.2, 0.25) is 5.91 Å². The smallest absolute Gasteiger partial charge is 0.224 e. The third kappa shape index (κ3) is 5.41. The second-order valence-corrected chi connectivity index (χ2v) is 8.58. The van der Waals surface area contributed by atoms with E-state index in [0.717, 1.165) is 25.3 Å². The maximum atomic E-state index is 12.0. The summed E-state index contributed by atoms with van der Waals surface area (Å²) >= 11 is 0. The van der Waals surface area contributed by atoms with Crippen molar-refractivity contribution >= 4 is 5.91 Å². The molecule has 1 amide bonds. The van der Waals surface area contributed by atoms with E-state index in [2.05, 4.69) is 4.90 Å². The first-order valence-corrected chi connectivity index (χ1v) is 10.4. The highest BCUT2D eigenvalue weighted by Gasteiger charge is 2.38. The molecular weight excluding hydrogens is 332 g/mol. The number of β-amino-alcohol motifs (C(OH)–C–C–N with tert-alkyl or cyclic N) is 1. The monoisotopic (exact) mass is 368 g/mol. The molecule has 26 heavy (non-hydrogen) atoms. The molecule has 3 fully saturated rings. The van der Waals surface area contributed by atoms with Gasteiger partial charge in [-0.2, -0.15) is 0 Å². The van der Waals surface area contributed by atoms with E-state index >= 15 is 0 Å². The van der Waals surface area contributed by atoms with Gasteiger partial charge in [0, 0.05) is 33.2 Å². The first kappa shape index (κ1) is 20.1. The lowest BCUT2D eigenvalue weighted by atomic mass is 9.87. The van der Waals surface area contributed by atoms with Crippen LogP contribution in [0.2, 0.25) is 0 Å². The fraction of sp³-hybridized carbons (Fsp3) is 0.950. The van der Waals surface area contributed by atoms with Crippen molar-refractivity contribution in [3.63, 3.8) is 0 Å². The largest absolute Gasteiger partial charge is 0.389 e. The Morgan fingerprint density at radius 3 is 2.62 bits per heavy atom. The van der Waals surface area contributed by atoms with Gasteiger partial charge in [-0.15, -0.1) is 0 Å². The van der Waals surface area contributed by atoms with Crippen molar-refractivity contribution in [1.82, 2.24) is 9.80 Å². The second kappa shape index (κ2) is 9.49. The van der Waals surface area contributed by atoms with E-state index in [9.17, 15) is 9.90 Å². The normalized spacial score (nSPS) is 34.6. The van der Waals surface area contributed by atoms with Crippen LogP contribution in [0.4, 0.5) is 0 Å². The number of aliphatic hydroxyl groups is 1. The molecule has 2 saturated heterocycles. The van der Waals surface area contributed by atoms with Gasteiger partial charge in [0.15, 0.2) is 0 Å². The van der Waals surface area contributed by atoms with Gasteiger partial charge in [0.1, 0.15) is 0 Å². The predicted octanol–water partition coefficient (Wildman–Crippen LogP) is 1.65. The number of hydrogen-bond donors (Lipinski definition) is 1. The maximum absolute atomic E-state index is 12.0. The number of carbonyl (C=O) groups is 1. The van der Waals surface area contributed by atoms with Crippen LogP contribution in [0.15, 0.2) is 0 Å². The zero-order valence-corrected chi connectivity index (χ0v) is 16.4. The van der Waals surface area contributed by atoms with E-state index in [4.69, 9.17) is 9.47 Å². The third-order valence-corrected chi connectivity index (χ3v) is 6.21. The summed E-state index contributed by atoms with van der Waals surface area (Å²) in [6.45, 7) is 2.61. The number of nitrogens with zero attached hydrogens (tertiary/aromatic N) is 2. The lowest BCUT2D eigenvalue weighted by Crippen LogP contribution is -2.56. The SMILES string of the molecule is CN(C)C(=O)C[C@H]1CC[C@@H]2[C@H](COC[C@H](O)CN2CC2CCCCC2)O1. The van der Waals surface area contributed by atoms with Crippen molar-refractivity contribution in [1.29, 1.82) is 0 Å². The predicted molar refractivity (Wildman–Crippen MR) is 100.0 cm³/mol. The summed E-state index contributed by atoms with van der Waals surface area (Å²) < 4.78 is 12.0. The summed E-state index contributed by atoms with van der Waals surface area (Å²) in [5.41, 5.74) is 0. The number of hydrogen-bond acceptors (Lipinski definition) is 5. The Balaban J connectivity index is 1.62. The fourth-order valence-electron chi connectivity index (χ4n) is 4.73. The molecule has 0 aromatic heterocycles. The highest BCUT2D eigenvalue weighted by Crippen LogP contribution is 2.31. The number of amides is 1. The Bertz CT molecular complexity index is 453. The van der Waals surface area contributed by atoms with E-state index in [1.54, 1.807) is 19.0 Å². The topological polar surface area (TPSA) is 62.2 Å². The Labute approximate surface area is 157 Å². The quantitative estimate of drug-likeness (QED) is 0.818.